The van der Waals surface area contributed by atoms with Gasteiger partial charge in [0.1, 0.15) is 5.82 Å². The highest BCUT2D eigenvalue weighted by Gasteiger charge is 2.39. The molecule has 2 N–H and O–H groups in total. The predicted molar refractivity (Wildman–Crippen MR) is 117 cm³/mol. The van der Waals surface area contributed by atoms with Crippen molar-refractivity contribution in [3.63, 3.8) is 0 Å². The Hall–Kier alpha value is -3.24. The highest BCUT2D eigenvalue weighted by atomic mass is 19.1. The van der Waals surface area contributed by atoms with E-state index in [-0.39, 0.29) is 29.6 Å². The topological polar surface area (TPSA) is 41.1 Å². The maximum Gasteiger partial charge on any atom is 0.238 e. The van der Waals surface area contributed by atoms with Crippen molar-refractivity contribution in [1.29, 1.82) is 0 Å². The standard InChI is InChI=1S/C26H25FN2O/c1-2-22-23(18-13-15-21(27)16-14-18)17-28-25(22)26(30)29-24(19-9-5-3-6-10-19)20-11-7-4-8-12-20/h2-16,22-25,28H,1,17H2,(H,29,30)/t22?,23-,25+/m1/s1. The van der Waals surface area contributed by atoms with E-state index in [0.717, 1.165) is 16.7 Å². The summed E-state index contributed by atoms with van der Waals surface area (Å²) >= 11 is 0. The largest absolute Gasteiger partial charge is 0.344 e. The summed E-state index contributed by atoms with van der Waals surface area (Å²) in [6.45, 7) is 4.61. The quantitative estimate of drug-likeness (QED) is 0.594. The van der Waals surface area contributed by atoms with Gasteiger partial charge in [0.15, 0.2) is 0 Å². The van der Waals surface area contributed by atoms with E-state index < -0.39 is 6.04 Å². The van der Waals surface area contributed by atoms with Crippen LogP contribution in [0.2, 0.25) is 0 Å². The Kier molecular flexibility index (Phi) is 6.05. The number of hydrogen-bond acceptors (Lipinski definition) is 2. The van der Waals surface area contributed by atoms with Crippen LogP contribution in [0.25, 0.3) is 0 Å². The number of benzene rings is 3. The van der Waals surface area contributed by atoms with Crippen LogP contribution >= 0.6 is 0 Å². The van der Waals surface area contributed by atoms with E-state index >= 15 is 0 Å². The van der Waals surface area contributed by atoms with Crippen molar-refractivity contribution < 1.29 is 9.18 Å². The monoisotopic (exact) mass is 400 g/mol. The van der Waals surface area contributed by atoms with Crippen LogP contribution in [0, 0.1) is 11.7 Å². The van der Waals surface area contributed by atoms with Crippen molar-refractivity contribution in [3.8, 4) is 0 Å². The molecule has 0 aliphatic carbocycles. The first-order chi connectivity index (χ1) is 14.7. The molecule has 30 heavy (non-hydrogen) atoms. The lowest BCUT2D eigenvalue weighted by Gasteiger charge is -2.25. The van der Waals surface area contributed by atoms with Crippen molar-refractivity contribution in [2.75, 3.05) is 6.54 Å². The number of nitrogens with one attached hydrogen (secondary N) is 2. The van der Waals surface area contributed by atoms with Crippen molar-refractivity contribution in [1.82, 2.24) is 10.6 Å². The van der Waals surface area contributed by atoms with E-state index in [1.54, 1.807) is 12.1 Å². The van der Waals surface area contributed by atoms with Crippen molar-refractivity contribution >= 4 is 5.91 Å². The molecule has 0 spiro atoms. The van der Waals surface area contributed by atoms with Gasteiger partial charge in [0.2, 0.25) is 5.91 Å². The van der Waals surface area contributed by atoms with Gasteiger partial charge in [0, 0.05) is 18.4 Å². The van der Waals surface area contributed by atoms with E-state index in [0.29, 0.717) is 6.54 Å². The molecule has 1 heterocycles. The molecule has 4 heteroatoms. The minimum absolute atomic E-state index is 0.0674. The average Bonchev–Trinajstić information content (AvgIpc) is 3.23. The lowest BCUT2D eigenvalue weighted by molar-refractivity contribution is -0.123. The zero-order chi connectivity index (χ0) is 20.9. The van der Waals surface area contributed by atoms with Crippen molar-refractivity contribution in [2.24, 2.45) is 5.92 Å². The zero-order valence-corrected chi connectivity index (χ0v) is 16.7. The summed E-state index contributed by atoms with van der Waals surface area (Å²) in [4.78, 5) is 13.3. The molecule has 4 rings (SSSR count). The van der Waals surface area contributed by atoms with Gasteiger partial charge in [-0.05, 0) is 28.8 Å². The van der Waals surface area contributed by atoms with Gasteiger partial charge in [-0.25, -0.2) is 4.39 Å². The minimum atomic E-state index is -0.396. The molecule has 3 nitrogen and oxygen atoms in total. The molecule has 1 fully saturated rings. The summed E-state index contributed by atoms with van der Waals surface area (Å²) in [5.41, 5.74) is 3.06. The fraction of sp³-hybridized carbons (Fsp3) is 0.192. The number of rotatable bonds is 6. The second-order valence-electron chi connectivity index (χ2n) is 7.62. The van der Waals surface area contributed by atoms with Gasteiger partial charge in [0.05, 0.1) is 12.1 Å². The molecule has 0 bridgehead atoms. The smallest absolute Gasteiger partial charge is 0.238 e. The van der Waals surface area contributed by atoms with Gasteiger partial charge in [-0.2, -0.15) is 0 Å². The van der Waals surface area contributed by atoms with E-state index in [1.807, 2.05) is 66.7 Å². The fourth-order valence-corrected chi connectivity index (χ4v) is 4.26. The lowest BCUT2D eigenvalue weighted by atomic mass is 9.85. The van der Waals surface area contributed by atoms with Crippen molar-refractivity contribution in [2.45, 2.75) is 18.0 Å². The Labute approximate surface area is 176 Å². The van der Waals surface area contributed by atoms with Crippen LogP contribution in [0.5, 0.6) is 0 Å². The first kappa shape index (κ1) is 20.0. The Morgan fingerprint density at radius 2 is 1.53 bits per heavy atom. The molecule has 0 aromatic heterocycles. The van der Waals surface area contributed by atoms with Crippen LogP contribution in [-0.2, 0) is 4.79 Å². The van der Waals surface area contributed by atoms with Crippen LogP contribution < -0.4 is 10.6 Å². The maximum atomic E-state index is 13.3. The van der Waals surface area contributed by atoms with Crippen LogP contribution in [-0.4, -0.2) is 18.5 Å². The number of halogens is 1. The average molecular weight is 400 g/mol. The summed E-state index contributed by atoms with van der Waals surface area (Å²) in [6.07, 6.45) is 1.83. The van der Waals surface area contributed by atoms with E-state index in [2.05, 4.69) is 17.2 Å². The zero-order valence-electron chi connectivity index (χ0n) is 16.7. The van der Waals surface area contributed by atoms with Crippen LogP contribution in [0.1, 0.15) is 28.7 Å². The number of amides is 1. The third-order valence-electron chi connectivity index (χ3n) is 5.81. The molecule has 152 valence electrons. The van der Waals surface area contributed by atoms with Crippen LogP contribution in [0.15, 0.2) is 97.6 Å². The molecular weight excluding hydrogens is 375 g/mol. The molecule has 0 radical (unpaired) electrons. The van der Waals surface area contributed by atoms with Gasteiger partial charge in [-0.15, -0.1) is 6.58 Å². The highest BCUT2D eigenvalue weighted by molar-refractivity contribution is 5.84. The molecule has 1 amide bonds. The van der Waals surface area contributed by atoms with Gasteiger partial charge in [0.25, 0.3) is 0 Å². The second-order valence-corrected chi connectivity index (χ2v) is 7.62. The summed E-state index contributed by atoms with van der Waals surface area (Å²) in [7, 11) is 0. The highest BCUT2D eigenvalue weighted by Crippen LogP contribution is 2.33. The minimum Gasteiger partial charge on any atom is -0.344 e. The Balaban J connectivity index is 1.56. The number of carbonyl (C=O) groups is 1. The van der Waals surface area contributed by atoms with Gasteiger partial charge >= 0.3 is 0 Å². The van der Waals surface area contributed by atoms with Gasteiger partial charge in [-0.1, -0.05) is 78.9 Å². The molecule has 3 aromatic rings. The summed E-state index contributed by atoms with van der Waals surface area (Å²) in [6, 6.07) is 25.8. The van der Waals surface area contributed by atoms with E-state index in [4.69, 9.17) is 0 Å². The third-order valence-corrected chi connectivity index (χ3v) is 5.81. The lowest BCUT2D eigenvalue weighted by Crippen LogP contribution is -2.45. The van der Waals surface area contributed by atoms with Gasteiger partial charge < -0.3 is 10.6 Å². The Bertz CT molecular complexity index is 949. The summed E-state index contributed by atoms with van der Waals surface area (Å²) in [5.74, 6) is -0.335. The molecule has 1 aliphatic heterocycles. The van der Waals surface area contributed by atoms with Crippen molar-refractivity contribution in [3.05, 3.63) is 120 Å². The van der Waals surface area contributed by atoms with Crippen LogP contribution in [0.3, 0.4) is 0 Å². The summed E-state index contributed by atoms with van der Waals surface area (Å²) in [5, 5.41) is 6.58. The third kappa shape index (κ3) is 4.19. The Morgan fingerprint density at radius 3 is 2.07 bits per heavy atom. The molecule has 1 saturated heterocycles. The number of carbonyl (C=O) groups excluding carboxylic acids is 1. The molecule has 0 saturated carbocycles. The van der Waals surface area contributed by atoms with E-state index in [9.17, 15) is 9.18 Å². The Morgan fingerprint density at radius 1 is 0.967 bits per heavy atom. The SMILES string of the molecule is C=CC1[C@@H](C(=O)NC(c2ccccc2)c2ccccc2)NC[C@@H]1c1ccc(F)cc1. The van der Waals surface area contributed by atoms with Gasteiger partial charge in [-0.3, -0.25) is 4.79 Å². The summed E-state index contributed by atoms with van der Waals surface area (Å²) < 4.78 is 13.3. The maximum absolute atomic E-state index is 13.3. The van der Waals surface area contributed by atoms with Crippen LogP contribution in [0.4, 0.5) is 4.39 Å². The molecule has 3 atom stereocenters. The first-order valence-corrected chi connectivity index (χ1v) is 10.2. The fourth-order valence-electron chi connectivity index (χ4n) is 4.26. The normalized spacial score (nSPS) is 20.8. The first-order valence-electron chi connectivity index (χ1n) is 10.2. The second kappa shape index (κ2) is 9.06. The number of hydrogen-bond donors (Lipinski definition) is 2. The predicted octanol–water partition coefficient (Wildman–Crippen LogP) is 4.59. The molecular formula is C26H25FN2O. The van der Waals surface area contributed by atoms with E-state index in [1.165, 1.54) is 12.1 Å². The molecule has 1 aliphatic rings. The molecule has 3 aromatic carbocycles. The molecule has 1 unspecified atom stereocenters.